The normalized spacial score (nSPS) is 11.0. The summed E-state index contributed by atoms with van der Waals surface area (Å²) in [5.41, 5.74) is 14.4. The van der Waals surface area contributed by atoms with Crippen molar-refractivity contribution in [3.63, 3.8) is 0 Å². The molecule has 5 nitrogen and oxygen atoms in total. The summed E-state index contributed by atoms with van der Waals surface area (Å²) in [5, 5.41) is 5.37. The van der Waals surface area contributed by atoms with Crippen LogP contribution in [0.1, 0.15) is 5.56 Å². The second-order valence-electron chi connectivity index (χ2n) is 4.66. The van der Waals surface area contributed by atoms with E-state index in [9.17, 15) is 0 Å². The lowest BCUT2D eigenvalue weighted by molar-refractivity contribution is -0.645. The van der Waals surface area contributed by atoms with Gasteiger partial charge in [0, 0.05) is 17.0 Å². The second-order valence-corrected chi connectivity index (χ2v) is 4.66. The molecule has 2 heterocycles. The van der Waals surface area contributed by atoms with Crippen LogP contribution in [0, 0.1) is 0 Å². The molecule has 5 heteroatoms. The van der Waals surface area contributed by atoms with E-state index in [-0.39, 0.29) is 0 Å². The number of aromatic nitrogens is 3. The molecule has 0 amide bonds. The lowest BCUT2D eigenvalue weighted by atomic mass is 10.1. The van der Waals surface area contributed by atoms with Crippen LogP contribution in [0.15, 0.2) is 42.7 Å². The van der Waals surface area contributed by atoms with E-state index in [0.717, 1.165) is 5.56 Å². The number of nitrogens with zero attached hydrogens (tertiary/aromatic N) is 3. The minimum absolute atomic E-state index is 0.510. The van der Waals surface area contributed by atoms with Gasteiger partial charge in [0.2, 0.25) is 5.52 Å². The van der Waals surface area contributed by atoms with Gasteiger partial charge in [0.05, 0.1) is 18.4 Å². The Morgan fingerprint density at radius 1 is 1.26 bits per heavy atom. The van der Waals surface area contributed by atoms with Crippen LogP contribution in [0.2, 0.25) is 0 Å². The zero-order chi connectivity index (χ0) is 13.4. The number of fused-ring (bicyclic) bond motifs is 1. The summed E-state index contributed by atoms with van der Waals surface area (Å²) in [4.78, 5) is 0. The maximum atomic E-state index is 5.87. The van der Waals surface area contributed by atoms with Crippen molar-refractivity contribution < 1.29 is 4.57 Å². The van der Waals surface area contributed by atoms with Gasteiger partial charge in [-0.25, -0.2) is 9.25 Å². The summed E-state index contributed by atoms with van der Waals surface area (Å²) < 4.78 is 3.81. The van der Waals surface area contributed by atoms with Crippen molar-refractivity contribution in [2.45, 2.75) is 6.54 Å². The van der Waals surface area contributed by atoms with E-state index in [1.807, 2.05) is 19.2 Å². The summed E-state index contributed by atoms with van der Waals surface area (Å²) in [6, 6.07) is 10.4. The van der Waals surface area contributed by atoms with Crippen LogP contribution in [0.4, 0.5) is 11.5 Å². The van der Waals surface area contributed by atoms with Gasteiger partial charge in [-0.05, 0) is 12.1 Å². The van der Waals surface area contributed by atoms with E-state index in [0.29, 0.717) is 18.1 Å². The van der Waals surface area contributed by atoms with Crippen LogP contribution in [-0.2, 0) is 13.6 Å². The summed E-state index contributed by atoms with van der Waals surface area (Å²) in [5.74, 6) is 0.510. The molecule has 0 bridgehead atoms. The first-order chi connectivity index (χ1) is 9.15. The van der Waals surface area contributed by atoms with Crippen LogP contribution in [0.3, 0.4) is 0 Å². The molecule has 96 valence electrons. The third-order valence-electron chi connectivity index (χ3n) is 3.26. The van der Waals surface area contributed by atoms with Crippen molar-refractivity contribution in [1.29, 1.82) is 0 Å². The van der Waals surface area contributed by atoms with Crippen LogP contribution in [-0.4, -0.2) is 9.78 Å². The monoisotopic (exact) mass is 254 g/mol. The van der Waals surface area contributed by atoms with E-state index >= 15 is 0 Å². The molecule has 0 fully saturated rings. The molecule has 0 saturated heterocycles. The van der Waals surface area contributed by atoms with Gasteiger partial charge < -0.3 is 11.5 Å². The lowest BCUT2D eigenvalue weighted by Crippen LogP contribution is -2.29. The summed E-state index contributed by atoms with van der Waals surface area (Å²) in [7, 11) is 2.03. The Bertz CT molecular complexity index is 745. The summed E-state index contributed by atoms with van der Waals surface area (Å²) >= 11 is 0. The van der Waals surface area contributed by atoms with Gasteiger partial charge in [0.25, 0.3) is 0 Å². The van der Waals surface area contributed by atoms with Gasteiger partial charge in [-0.3, -0.25) is 0 Å². The number of aryl methyl sites for hydroxylation is 1. The molecule has 0 radical (unpaired) electrons. The first-order valence-electron chi connectivity index (χ1n) is 6.09. The van der Waals surface area contributed by atoms with E-state index < -0.39 is 0 Å². The van der Waals surface area contributed by atoms with Gasteiger partial charge in [-0.1, -0.05) is 12.1 Å². The molecule has 0 spiro atoms. The Kier molecular flexibility index (Phi) is 2.59. The molecule has 19 heavy (non-hydrogen) atoms. The molecule has 0 aliphatic rings. The maximum Gasteiger partial charge on any atom is 0.212 e. The smallest absolute Gasteiger partial charge is 0.212 e. The van der Waals surface area contributed by atoms with E-state index in [2.05, 4.69) is 34.1 Å². The van der Waals surface area contributed by atoms with Gasteiger partial charge >= 0.3 is 0 Å². The van der Waals surface area contributed by atoms with Crippen molar-refractivity contribution in [3.05, 3.63) is 48.3 Å². The number of hydrogen-bond donors (Lipinski definition) is 2. The lowest BCUT2D eigenvalue weighted by Gasteiger charge is -2.05. The third-order valence-corrected chi connectivity index (χ3v) is 3.26. The molecule has 0 atom stereocenters. The maximum absolute atomic E-state index is 5.87. The number of rotatable bonds is 2. The highest BCUT2D eigenvalue weighted by molar-refractivity contribution is 5.75. The Morgan fingerprint density at radius 2 is 2.05 bits per heavy atom. The molecule has 0 unspecified atom stereocenters. The van der Waals surface area contributed by atoms with Gasteiger partial charge in [-0.2, -0.15) is 5.10 Å². The average molecular weight is 254 g/mol. The number of benzene rings is 1. The van der Waals surface area contributed by atoms with Crippen molar-refractivity contribution in [1.82, 2.24) is 9.78 Å². The minimum atomic E-state index is 0.510. The molecular weight excluding hydrogens is 238 g/mol. The molecule has 0 aliphatic carbocycles. The fourth-order valence-electron chi connectivity index (χ4n) is 2.28. The average Bonchev–Trinajstić information content (AvgIpc) is 2.71. The van der Waals surface area contributed by atoms with Crippen molar-refractivity contribution in [2.75, 3.05) is 11.5 Å². The SMILES string of the molecule is C[n+]1cc(Cn2ncc(N)c2N)cc2ccccc21. The number of hydrogen-bond acceptors (Lipinski definition) is 3. The standard InChI is InChI=1S/C14H16N5/c1-18-8-10(6-11-4-2-3-5-13(11)18)9-19-14(16)12(15)7-17-19/h2-8H,9,15-16H2,1H3/q+1. The van der Waals surface area contributed by atoms with E-state index in [1.54, 1.807) is 10.9 Å². The number of nitrogens with two attached hydrogens (primary N) is 2. The highest BCUT2D eigenvalue weighted by Crippen LogP contribution is 2.16. The summed E-state index contributed by atoms with van der Waals surface area (Å²) in [6.07, 6.45) is 3.66. The largest absolute Gasteiger partial charge is 0.394 e. The van der Waals surface area contributed by atoms with Gasteiger partial charge in [-0.15, -0.1) is 0 Å². The Hall–Kier alpha value is -2.56. The molecule has 0 aliphatic heterocycles. The predicted octanol–water partition coefficient (Wildman–Crippen LogP) is 1.07. The third kappa shape index (κ3) is 1.99. The Labute approximate surface area is 111 Å². The van der Waals surface area contributed by atoms with Crippen molar-refractivity contribution in [2.24, 2.45) is 7.05 Å². The van der Waals surface area contributed by atoms with Gasteiger partial charge in [0.1, 0.15) is 12.9 Å². The quantitative estimate of drug-likeness (QED) is 0.672. The highest BCUT2D eigenvalue weighted by Gasteiger charge is 2.10. The highest BCUT2D eigenvalue weighted by atomic mass is 15.3. The number of para-hydroxylation sites is 1. The van der Waals surface area contributed by atoms with E-state index in [1.165, 1.54) is 10.9 Å². The molecule has 2 aromatic heterocycles. The summed E-state index contributed by atoms with van der Waals surface area (Å²) in [6.45, 7) is 0.613. The van der Waals surface area contributed by atoms with Crippen LogP contribution in [0.25, 0.3) is 10.9 Å². The topological polar surface area (TPSA) is 73.7 Å². The molecule has 3 aromatic rings. The Morgan fingerprint density at radius 3 is 2.79 bits per heavy atom. The molecular formula is C14H16N5+. The molecule has 4 N–H and O–H groups in total. The Balaban J connectivity index is 2.04. The minimum Gasteiger partial charge on any atom is -0.394 e. The number of pyridine rings is 1. The molecule has 0 saturated carbocycles. The number of anilines is 2. The fourth-order valence-corrected chi connectivity index (χ4v) is 2.28. The first kappa shape index (κ1) is 11.5. The van der Waals surface area contributed by atoms with Gasteiger partial charge in [0.15, 0.2) is 6.20 Å². The second kappa shape index (κ2) is 4.28. The van der Waals surface area contributed by atoms with Crippen LogP contribution < -0.4 is 16.0 Å². The fraction of sp³-hybridized carbons (Fsp3) is 0.143. The van der Waals surface area contributed by atoms with Crippen molar-refractivity contribution in [3.8, 4) is 0 Å². The van der Waals surface area contributed by atoms with E-state index in [4.69, 9.17) is 11.5 Å². The number of nitrogen functional groups attached to an aromatic ring is 2. The van der Waals surface area contributed by atoms with Crippen LogP contribution >= 0.6 is 0 Å². The van der Waals surface area contributed by atoms with Crippen molar-refractivity contribution >= 4 is 22.4 Å². The zero-order valence-corrected chi connectivity index (χ0v) is 10.7. The zero-order valence-electron chi connectivity index (χ0n) is 10.7. The van der Waals surface area contributed by atoms with Crippen LogP contribution in [0.5, 0.6) is 0 Å². The first-order valence-corrected chi connectivity index (χ1v) is 6.09. The predicted molar refractivity (Wildman–Crippen MR) is 75.3 cm³/mol. The molecule has 1 aromatic carbocycles. The molecule has 3 rings (SSSR count).